The standard InChI is InChI=1S/C14H20N2O3S/c1-18-10-6-9-15-14(20)16-12(13(17)19-2)11-7-4-3-5-8-11/h3-5,7-8,12H,6,9-10H2,1-2H3,(H2,15,16,20). The second kappa shape index (κ2) is 9.28. The van der Waals surface area contributed by atoms with E-state index in [2.05, 4.69) is 10.6 Å². The normalized spacial score (nSPS) is 11.5. The molecule has 0 saturated heterocycles. The van der Waals surface area contributed by atoms with Gasteiger partial charge in [0.05, 0.1) is 7.11 Å². The average molecular weight is 296 g/mol. The second-order valence-corrected chi connectivity index (χ2v) is 4.52. The summed E-state index contributed by atoms with van der Waals surface area (Å²) in [5, 5.41) is 6.41. The highest BCUT2D eigenvalue weighted by Gasteiger charge is 2.21. The first-order chi connectivity index (χ1) is 9.69. The molecule has 0 aliphatic heterocycles. The molecule has 0 fully saturated rings. The molecule has 2 N–H and O–H groups in total. The number of rotatable bonds is 7. The third-order valence-corrected chi connectivity index (χ3v) is 2.92. The minimum absolute atomic E-state index is 0.378. The highest BCUT2D eigenvalue weighted by atomic mass is 32.1. The third-order valence-electron chi connectivity index (χ3n) is 2.66. The molecule has 0 amide bonds. The van der Waals surface area contributed by atoms with Crippen molar-refractivity contribution in [1.29, 1.82) is 0 Å². The molecule has 1 rings (SSSR count). The van der Waals surface area contributed by atoms with Gasteiger partial charge < -0.3 is 20.1 Å². The summed E-state index contributed by atoms with van der Waals surface area (Å²) >= 11 is 5.18. The summed E-state index contributed by atoms with van der Waals surface area (Å²) in [5.74, 6) is -0.378. The second-order valence-electron chi connectivity index (χ2n) is 4.11. The molecule has 0 aliphatic carbocycles. The van der Waals surface area contributed by atoms with Crippen LogP contribution in [-0.4, -0.2) is 38.5 Å². The van der Waals surface area contributed by atoms with Crippen LogP contribution in [0.5, 0.6) is 0 Å². The monoisotopic (exact) mass is 296 g/mol. The van der Waals surface area contributed by atoms with Gasteiger partial charge in [0.2, 0.25) is 0 Å². The van der Waals surface area contributed by atoms with Crippen molar-refractivity contribution in [2.75, 3.05) is 27.4 Å². The molecular formula is C14H20N2O3S. The Bertz CT molecular complexity index is 426. The van der Waals surface area contributed by atoms with Gasteiger partial charge in [-0.05, 0) is 24.2 Å². The van der Waals surface area contributed by atoms with Gasteiger partial charge in [-0.2, -0.15) is 0 Å². The fourth-order valence-corrected chi connectivity index (χ4v) is 1.86. The van der Waals surface area contributed by atoms with Crippen molar-refractivity contribution in [2.45, 2.75) is 12.5 Å². The van der Waals surface area contributed by atoms with Crippen LogP contribution in [0.25, 0.3) is 0 Å². The van der Waals surface area contributed by atoms with Crippen LogP contribution in [0.2, 0.25) is 0 Å². The van der Waals surface area contributed by atoms with Crippen LogP contribution in [0, 0.1) is 0 Å². The zero-order chi connectivity index (χ0) is 14.8. The van der Waals surface area contributed by atoms with Crippen LogP contribution in [-0.2, 0) is 14.3 Å². The summed E-state index contributed by atoms with van der Waals surface area (Å²) in [7, 11) is 3.01. The van der Waals surface area contributed by atoms with Gasteiger partial charge in [-0.3, -0.25) is 0 Å². The number of ether oxygens (including phenoxy) is 2. The Morgan fingerprint density at radius 3 is 2.60 bits per heavy atom. The molecule has 0 heterocycles. The first kappa shape index (κ1) is 16.4. The third kappa shape index (κ3) is 5.54. The summed E-state index contributed by atoms with van der Waals surface area (Å²) in [6.07, 6.45) is 0.840. The van der Waals surface area contributed by atoms with E-state index in [0.29, 0.717) is 18.3 Å². The summed E-state index contributed by atoms with van der Waals surface area (Å²) in [6, 6.07) is 8.71. The number of carbonyl (C=O) groups is 1. The minimum Gasteiger partial charge on any atom is -0.467 e. The molecule has 0 spiro atoms. The molecule has 20 heavy (non-hydrogen) atoms. The van der Waals surface area contributed by atoms with Crippen LogP contribution in [0.1, 0.15) is 18.0 Å². The molecule has 1 aromatic carbocycles. The van der Waals surface area contributed by atoms with E-state index in [1.165, 1.54) is 7.11 Å². The fourth-order valence-electron chi connectivity index (χ4n) is 1.64. The van der Waals surface area contributed by atoms with Crippen molar-refractivity contribution >= 4 is 23.3 Å². The number of hydrogen-bond donors (Lipinski definition) is 2. The van der Waals surface area contributed by atoms with E-state index in [4.69, 9.17) is 21.7 Å². The van der Waals surface area contributed by atoms with Crippen LogP contribution in [0.4, 0.5) is 0 Å². The van der Waals surface area contributed by atoms with E-state index in [0.717, 1.165) is 12.0 Å². The van der Waals surface area contributed by atoms with Gasteiger partial charge in [0.15, 0.2) is 11.2 Å². The van der Waals surface area contributed by atoms with E-state index in [1.807, 2.05) is 30.3 Å². The van der Waals surface area contributed by atoms with E-state index in [9.17, 15) is 4.79 Å². The molecule has 1 unspecified atom stereocenters. The molecule has 1 aromatic rings. The maximum absolute atomic E-state index is 11.8. The maximum Gasteiger partial charge on any atom is 0.333 e. The zero-order valence-corrected chi connectivity index (χ0v) is 12.5. The lowest BCUT2D eigenvalue weighted by atomic mass is 10.1. The molecule has 0 bridgehead atoms. The van der Waals surface area contributed by atoms with E-state index in [1.54, 1.807) is 7.11 Å². The smallest absolute Gasteiger partial charge is 0.333 e. The van der Waals surface area contributed by atoms with E-state index < -0.39 is 6.04 Å². The van der Waals surface area contributed by atoms with Gasteiger partial charge in [0, 0.05) is 20.3 Å². The Hall–Kier alpha value is -1.66. The minimum atomic E-state index is -0.608. The first-order valence-electron chi connectivity index (χ1n) is 6.35. The Morgan fingerprint density at radius 2 is 2.00 bits per heavy atom. The van der Waals surface area contributed by atoms with Gasteiger partial charge in [0.25, 0.3) is 0 Å². The Morgan fingerprint density at radius 1 is 1.30 bits per heavy atom. The molecule has 1 atom stereocenters. The lowest BCUT2D eigenvalue weighted by Crippen LogP contribution is -2.41. The molecule has 0 aromatic heterocycles. The van der Waals surface area contributed by atoms with Crippen LogP contribution in [0.15, 0.2) is 30.3 Å². The lowest BCUT2D eigenvalue weighted by molar-refractivity contribution is -0.142. The van der Waals surface area contributed by atoms with Crippen molar-refractivity contribution in [1.82, 2.24) is 10.6 Å². The largest absolute Gasteiger partial charge is 0.467 e. The summed E-state index contributed by atoms with van der Waals surface area (Å²) in [4.78, 5) is 11.8. The zero-order valence-electron chi connectivity index (χ0n) is 11.7. The maximum atomic E-state index is 11.8. The average Bonchev–Trinajstić information content (AvgIpc) is 2.49. The highest BCUT2D eigenvalue weighted by molar-refractivity contribution is 7.80. The highest BCUT2D eigenvalue weighted by Crippen LogP contribution is 2.13. The molecular weight excluding hydrogens is 276 g/mol. The van der Waals surface area contributed by atoms with Gasteiger partial charge in [-0.1, -0.05) is 30.3 Å². The number of hydrogen-bond acceptors (Lipinski definition) is 4. The summed E-state index contributed by atoms with van der Waals surface area (Å²) < 4.78 is 9.75. The molecule has 5 nitrogen and oxygen atoms in total. The number of esters is 1. The molecule has 6 heteroatoms. The van der Waals surface area contributed by atoms with Crippen molar-refractivity contribution < 1.29 is 14.3 Å². The Kier molecular flexibility index (Phi) is 7.60. The molecule has 0 radical (unpaired) electrons. The predicted molar refractivity (Wildman–Crippen MR) is 81.4 cm³/mol. The van der Waals surface area contributed by atoms with E-state index >= 15 is 0 Å². The topological polar surface area (TPSA) is 59.6 Å². The van der Waals surface area contributed by atoms with Gasteiger partial charge in [-0.25, -0.2) is 4.79 Å². The van der Waals surface area contributed by atoms with Crippen molar-refractivity contribution in [2.24, 2.45) is 0 Å². The number of thiocarbonyl (C=S) groups is 1. The number of carbonyl (C=O) groups excluding carboxylic acids is 1. The predicted octanol–water partition coefficient (Wildman–Crippen LogP) is 1.40. The van der Waals surface area contributed by atoms with Crippen LogP contribution >= 0.6 is 12.2 Å². The number of nitrogens with one attached hydrogen (secondary N) is 2. The number of methoxy groups -OCH3 is 2. The lowest BCUT2D eigenvalue weighted by Gasteiger charge is -2.19. The first-order valence-corrected chi connectivity index (χ1v) is 6.76. The summed E-state index contributed by atoms with van der Waals surface area (Å²) in [5.41, 5.74) is 0.806. The van der Waals surface area contributed by atoms with Crippen molar-refractivity contribution in [3.8, 4) is 0 Å². The molecule has 0 aliphatic rings. The Balaban J connectivity index is 2.58. The van der Waals surface area contributed by atoms with Crippen molar-refractivity contribution in [3.63, 3.8) is 0 Å². The van der Waals surface area contributed by atoms with Crippen LogP contribution < -0.4 is 10.6 Å². The van der Waals surface area contributed by atoms with Gasteiger partial charge >= 0.3 is 5.97 Å². The Labute approximate surface area is 124 Å². The molecule has 110 valence electrons. The van der Waals surface area contributed by atoms with E-state index in [-0.39, 0.29) is 5.97 Å². The fraction of sp³-hybridized carbons (Fsp3) is 0.429. The molecule has 0 saturated carbocycles. The SMILES string of the molecule is COCCCNC(=S)NC(C(=O)OC)c1ccccc1. The van der Waals surface area contributed by atoms with Crippen LogP contribution in [0.3, 0.4) is 0 Å². The summed E-state index contributed by atoms with van der Waals surface area (Å²) in [6.45, 7) is 1.34. The van der Waals surface area contributed by atoms with Crippen molar-refractivity contribution in [3.05, 3.63) is 35.9 Å². The quantitative estimate of drug-likeness (QED) is 0.451. The van der Waals surface area contributed by atoms with Gasteiger partial charge in [-0.15, -0.1) is 0 Å². The number of benzene rings is 1. The van der Waals surface area contributed by atoms with Gasteiger partial charge in [0.1, 0.15) is 0 Å².